The molecule has 0 aliphatic carbocycles. The van der Waals surface area contributed by atoms with Crippen molar-refractivity contribution in [2.45, 2.75) is 25.8 Å². The van der Waals surface area contributed by atoms with Crippen molar-refractivity contribution < 1.29 is 0 Å². The van der Waals surface area contributed by atoms with Crippen LogP contribution in [0.15, 0.2) is 5.38 Å². The van der Waals surface area contributed by atoms with E-state index in [1.807, 2.05) is 0 Å². The Kier molecular flexibility index (Phi) is 4.51. The van der Waals surface area contributed by atoms with E-state index in [1.165, 1.54) is 5.01 Å². The van der Waals surface area contributed by atoms with Crippen LogP contribution in [0.3, 0.4) is 0 Å². The highest BCUT2D eigenvalue weighted by molar-refractivity contribution is 7.09. The monoisotopic (exact) mass is 213 g/mol. The number of nitrogens with two attached hydrogens (primary N) is 1. The lowest BCUT2D eigenvalue weighted by Crippen LogP contribution is -2.15. The molecule has 1 atom stereocenters. The summed E-state index contributed by atoms with van der Waals surface area (Å²) >= 11 is 1.72. The fourth-order valence-corrected chi connectivity index (χ4v) is 1.99. The molecular weight excluding hydrogens is 194 g/mol. The summed E-state index contributed by atoms with van der Waals surface area (Å²) in [4.78, 5) is 6.69. The van der Waals surface area contributed by atoms with Crippen LogP contribution >= 0.6 is 11.3 Å². The molecule has 0 radical (unpaired) electrons. The molecule has 0 spiro atoms. The Morgan fingerprint density at radius 3 is 2.86 bits per heavy atom. The average molecular weight is 213 g/mol. The normalized spacial score (nSPS) is 13.5. The first-order valence-corrected chi connectivity index (χ1v) is 5.86. The predicted octanol–water partition coefficient (Wildman–Crippen LogP) is 1.66. The SMILES string of the molecule is CCC(N)c1csc(CCN(C)C)n1. The summed E-state index contributed by atoms with van der Waals surface area (Å²) in [6.45, 7) is 3.14. The van der Waals surface area contributed by atoms with Crippen LogP contribution in [0.25, 0.3) is 0 Å². The van der Waals surface area contributed by atoms with Crippen LogP contribution in [-0.2, 0) is 6.42 Å². The van der Waals surface area contributed by atoms with E-state index in [1.54, 1.807) is 11.3 Å². The maximum Gasteiger partial charge on any atom is 0.0941 e. The molecular formula is C10H19N3S. The maximum absolute atomic E-state index is 5.90. The summed E-state index contributed by atoms with van der Waals surface area (Å²) in [7, 11) is 4.15. The van der Waals surface area contributed by atoms with E-state index in [-0.39, 0.29) is 6.04 Å². The van der Waals surface area contributed by atoms with Gasteiger partial charge in [0.05, 0.1) is 10.7 Å². The fourth-order valence-electron chi connectivity index (χ4n) is 1.14. The molecule has 3 nitrogen and oxygen atoms in total. The van der Waals surface area contributed by atoms with Crippen LogP contribution in [0.5, 0.6) is 0 Å². The van der Waals surface area contributed by atoms with Gasteiger partial charge in [0, 0.05) is 24.4 Å². The highest BCUT2D eigenvalue weighted by Gasteiger charge is 2.08. The first-order valence-electron chi connectivity index (χ1n) is 4.98. The summed E-state index contributed by atoms with van der Waals surface area (Å²) < 4.78 is 0. The van der Waals surface area contributed by atoms with Crippen LogP contribution in [0, 0.1) is 0 Å². The van der Waals surface area contributed by atoms with Crippen molar-refractivity contribution in [3.8, 4) is 0 Å². The molecule has 0 saturated carbocycles. The Hall–Kier alpha value is -0.450. The van der Waals surface area contributed by atoms with Crippen LogP contribution in [0.4, 0.5) is 0 Å². The molecule has 1 aromatic rings. The molecule has 14 heavy (non-hydrogen) atoms. The second-order valence-corrected chi connectivity index (χ2v) is 4.68. The van der Waals surface area contributed by atoms with Gasteiger partial charge in [0.15, 0.2) is 0 Å². The molecule has 1 rings (SSSR count). The zero-order valence-corrected chi connectivity index (χ0v) is 9.97. The highest BCUT2D eigenvalue weighted by atomic mass is 32.1. The largest absolute Gasteiger partial charge is 0.323 e. The van der Waals surface area contributed by atoms with E-state index in [0.717, 1.165) is 25.1 Å². The van der Waals surface area contributed by atoms with Crippen molar-refractivity contribution in [2.75, 3.05) is 20.6 Å². The van der Waals surface area contributed by atoms with Gasteiger partial charge >= 0.3 is 0 Å². The van der Waals surface area contributed by atoms with Gasteiger partial charge in [-0.25, -0.2) is 4.98 Å². The summed E-state index contributed by atoms with van der Waals surface area (Å²) in [6, 6.07) is 0.111. The van der Waals surface area contributed by atoms with Crippen LogP contribution in [0.1, 0.15) is 30.1 Å². The molecule has 0 aliphatic rings. The van der Waals surface area contributed by atoms with Gasteiger partial charge in [-0.15, -0.1) is 11.3 Å². The number of aromatic nitrogens is 1. The number of rotatable bonds is 5. The average Bonchev–Trinajstić information content (AvgIpc) is 2.62. The number of hydrogen-bond acceptors (Lipinski definition) is 4. The van der Waals surface area contributed by atoms with Crippen LogP contribution in [-0.4, -0.2) is 30.5 Å². The second-order valence-electron chi connectivity index (χ2n) is 3.73. The van der Waals surface area contributed by atoms with Crippen molar-refractivity contribution in [1.29, 1.82) is 0 Å². The quantitative estimate of drug-likeness (QED) is 0.809. The molecule has 0 bridgehead atoms. The minimum Gasteiger partial charge on any atom is -0.323 e. The van der Waals surface area contributed by atoms with Crippen LogP contribution in [0.2, 0.25) is 0 Å². The standard InChI is InChI=1S/C10H19N3S/c1-4-8(11)9-7-14-10(12-9)5-6-13(2)3/h7-8H,4-6,11H2,1-3H3. The summed E-state index contributed by atoms with van der Waals surface area (Å²) in [5.74, 6) is 0. The Labute approximate surface area is 89.9 Å². The molecule has 1 heterocycles. The number of likely N-dealkylation sites (N-methyl/N-ethyl adjacent to an activating group) is 1. The van der Waals surface area contributed by atoms with Gasteiger partial charge in [-0.2, -0.15) is 0 Å². The number of hydrogen-bond donors (Lipinski definition) is 1. The first kappa shape index (κ1) is 11.6. The Balaban J connectivity index is 2.50. The minimum atomic E-state index is 0.111. The third-order valence-corrected chi connectivity index (χ3v) is 3.09. The smallest absolute Gasteiger partial charge is 0.0941 e. The summed E-state index contributed by atoms with van der Waals surface area (Å²) in [5, 5.41) is 3.27. The van der Waals surface area contributed by atoms with E-state index >= 15 is 0 Å². The van der Waals surface area contributed by atoms with Gasteiger partial charge in [0.1, 0.15) is 0 Å². The zero-order valence-electron chi connectivity index (χ0n) is 9.16. The molecule has 0 aromatic carbocycles. The Bertz CT molecular complexity index is 270. The molecule has 4 heteroatoms. The Morgan fingerprint density at radius 2 is 2.29 bits per heavy atom. The number of thiazole rings is 1. The molecule has 0 amide bonds. The second kappa shape index (κ2) is 5.44. The van der Waals surface area contributed by atoms with Gasteiger partial charge in [-0.05, 0) is 20.5 Å². The van der Waals surface area contributed by atoms with E-state index < -0.39 is 0 Å². The van der Waals surface area contributed by atoms with E-state index in [4.69, 9.17) is 5.73 Å². The number of nitrogens with zero attached hydrogens (tertiary/aromatic N) is 2. The lowest BCUT2D eigenvalue weighted by atomic mass is 10.2. The van der Waals surface area contributed by atoms with E-state index in [2.05, 4.69) is 36.3 Å². The summed E-state index contributed by atoms with van der Waals surface area (Å²) in [5.41, 5.74) is 6.94. The van der Waals surface area contributed by atoms with Gasteiger partial charge in [-0.1, -0.05) is 6.92 Å². The maximum atomic E-state index is 5.90. The van der Waals surface area contributed by atoms with Gasteiger partial charge in [0.25, 0.3) is 0 Å². The lowest BCUT2D eigenvalue weighted by molar-refractivity contribution is 0.413. The van der Waals surface area contributed by atoms with Crippen molar-refractivity contribution >= 4 is 11.3 Å². The molecule has 0 fully saturated rings. The molecule has 0 saturated heterocycles. The van der Waals surface area contributed by atoms with Crippen molar-refractivity contribution in [3.05, 3.63) is 16.1 Å². The fraction of sp³-hybridized carbons (Fsp3) is 0.700. The van der Waals surface area contributed by atoms with Gasteiger partial charge in [0.2, 0.25) is 0 Å². The van der Waals surface area contributed by atoms with E-state index in [9.17, 15) is 0 Å². The van der Waals surface area contributed by atoms with E-state index in [0.29, 0.717) is 0 Å². The molecule has 2 N–H and O–H groups in total. The lowest BCUT2D eigenvalue weighted by Gasteiger charge is -2.07. The van der Waals surface area contributed by atoms with Crippen molar-refractivity contribution in [2.24, 2.45) is 5.73 Å². The topological polar surface area (TPSA) is 42.1 Å². The molecule has 0 aliphatic heterocycles. The third kappa shape index (κ3) is 3.36. The summed E-state index contributed by atoms with van der Waals surface area (Å²) in [6.07, 6.45) is 1.98. The predicted molar refractivity (Wildman–Crippen MR) is 61.6 cm³/mol. The third-order valence-electron chi connectivity index (χ3n) is 2.16. The van der Waals surface area contributed by atoms with Crippen molar-refractivity contribution in [1.82, 2.24) is 9.88 Å². The highest BCUT2D eigenvalue weighted by Crippen LogP contribution is 2.17. The van der Waals surface area contributed by atoms with Gasteiger partial charge < -0.3 is 10.6 Å². The Morgan fingerprint density at radius 1 is 1.57 bits per heavy atom. The first-order chi connectivity index (χ1) is 6.63. The molecule has 1 aromatic heterocycles. The van der Waals surface area contributed by atoms with Crippen molar-refractivity contribution in [3.63, 3.8) is 0 Å². The van der Waals surface area contributed by atoms with Gasteiger partial charge in [-0.3, -0.25) is 0 Å². The molecule has 1 unspecified atom stereocenters. The minimum absolute atomic E-state index is 0.111. The van der Waals surface area contributed by atoms with Crippen LogP contribution < -0.4 is 5.73 Å². The molecule has 80 valence electrons. The zero-order chi connectivity index (χ0) is 10.6.